The molecule has 0 heterocycles. The van der Waals surface area contributed by atoms with Crippen LogP contribution in [0.1, 0.15) is 154 Å². The van der Waals surface area contributed by atoms with Gasteiger partial charge in [0.2, 0.25) is 0 Å². The molecule has 3 aliphatic carbocycles. The number of allylic oxidation sites excluding steroid dienone is 5. The number of hydrogen-bond donors (Lipinski definition) is 0. The molecule has 0 heteroatoms. The van der Waals surface area contributed by atoms with E-state index < -0.39 is 0 Å². The second-order valence-electron chi connectivity index (χ2n) is 11.7. The smallest absolute Gasteiger partial charge is 0.0143 e. The summed E-state index contributed by atoms with van der Waals surface area (Å²) in [5.74, 6) is 2.64. The average molecular weight is 475 g/mol. The van der Waals surface area contributed by atoms with E-state index in [1.165, 1.54) is 81.8 Å². The first-order chi connectivity index (χ1) is 15.6. The molecule has 0 N–H and O–H groups in total. The third-order valence-electron chi connectivity index (χ3n) is 8.77. The van der Waals surface area contributed by atoms with Crippen LogP contribution in [0.15, 0.2) is 35.5 Å². The molecule has 34 heavy (non-hydrogen) atoms. The third kappa shape index (κ3) is 10.5. The Labute approximate surface area is 218 Å². The summed E-state index contributed by atoms with van der Waals surface area (Å²) in [6.07, 6.45) is 19.8. The largest absolute Gasteiger partial charge is 0.0956 e. The Balaban J connectivity index is 0. The lowest BCUT2D eigenvalue weighted by molar-refractivity contribution is 0.147. The van der Waals surface area contributed by atoms with Crippen molar-refractivity contribution in [2.24, 2.45) is 28.6 Å². The maximum absolute atomic E-state index is 4.25. The van der Waals surface area contributed by atoms with Gasteiger partial charge in [0, 0.05) is 0 Å². The first-order valence-corrected chi connectivity index (χ1v) is 14.7. The summed E-state index contributed by atoms with van der Waals surface area (Å²) in [5.41, 5.74) is 5.77. The van der Waals surface area contributed by atoms with Gasteiger partial charge >= 0.3 is 0 Å². The highest BCUT2D eigenvalue weighted by Gasteiger charge is 2.46. The van der Waals surface area contributed by atoms with Gasteiger partial charge in [0.1, 0.15) is 0 Å². The van der Waals surface area contributed by atoms with Crippen LogP contribution in [0, 0.1) is 28.6 Å². The van der Waals surface area contributed by atoms with Crippen molar-refractivity contribution in [1.82, 2.24) is 0 Å². The van der Waals surface area contributed by atoms with E-state index in [1.54, 1.807) is 5.57 Å². The van der Waals surface area contributed by atoms with Crippen molar-refractivity contribution in [3.05, 3.63) is 35.5 Å². The van der Waals surface area contributed by atoms with E-state index in [1.807, 2.05) is 27.7 Å². The molecule has 0 bridgehead atoms. The van der Waals surface area contributed by atoms with Crippen molar-refractivity contribution in [3.63, 3.8) is 0 Å². The van der Waals surface area contributed by atoms with E-state index >= 15 is 0 Å². The van der Waals surface area contributed by atoms with Crippen LogP contribution in [0.5, 0.6) is 0 Å². The summed E-state index contributed by atoms with van der Waals surface area (Å²) < 4.78 is 0. The van der Waals surface area contributed by atoms with Gasteiger partial charge in [-0.25, -0.2) is 0 Å². The van der Waals surface area contributed by atoms with E-state index in [2.05, 4.69) is 67.2 Å². The molecule has 0 amide bonds. The van der Waals surface area contributed by atoms with Crippen LogP contribution in [0.3, 0.4) is 0 Å². The predicted octanol–water partition coefficient (Wildman–Crippen LogP) is 12.4. The quantitative estimate of drug-likeness (QED) is 0.381. The zero-order valence-electron chi connectivity index (χ0n) is 24.9. The molecule has 4 atom stereocenters. The standard InChI is InChI=1S/C20H30.C9H20.2C2H6.CH4/c1-15-7-4-5-8-17(15)11-12-18-9-6-14-20(3)16(2)10-13-19(18)20;1-6-7-8(2)9(3,4)5;2*1-2;/h11-12,16,19H,1,4-10,13-14H2,2-3H3;8H,6-7H2,1-5H3;2*1-2H3;1H4/b17-11-,18-12+;;;;. The normalized spacial score (nSPS) is 29.3. The molecule has 3 fully saturated rings. The van der Waals surface area contributed by atoms with Crippen LogP contribution in [-0.4, -0.2) is 0 Å². The Morgan fingerprint density at radius 3 is 2.06 bits per heavy atom. The number of rotatable bonds is 3. The van der Waals surface area contributed by atoms with Crippen molar-refractivity contribution in [3.8, 4) is 0 Å². The highest BCUT2D eigenvalue weighted by Crippen LogP contribution is 2.57. The summed E-state index contributed by atoms with van der Waals surface area (Å²) in [5, 5.41) is 0. The molecular formula is C34H66. The summed E-state index contributed by atoms with van der Waals surface area (Å²) in [6.45, 7) is 28.8. The SMILES string of the molecule is C.C=C1CCCC/C1=C/C=C1\CCCC2(C)C(C)CCC12.CC.CC.CCCC(C)C(C)(C)C. The molecule has 0 spiro atoms. The molecule has 0 aliphatic heterocycles. The number of fused-ring (bicyclic) bond motifs is 1. The van der Waals surface area contributed by atoms with Crippen LogP contribution < -0.4 is 0 Å². The molecular weight excluding hydrogens is 408 g/mol. The minimum Gasteiger partial charge on any atom is -0.0956 e. The minimum atomic E-state index is 0. The van der Waals surface area contributed by atoms with Crippen LogP contribution >= 0.6 is 0 Å². The van der Waals surface area contributed by atoms with Gasteiger partial charge in [-0.2, -0.15) is 0 Å². The fraction of sp³-hybridized carbons (Fsp3) is 0.824. The highest BCUT2D eigenvalue weighted by molar-refractivity contribution is 5.35. The van der Waals surface area contributed by atoms with Crippen LogP contribution in [0.25, 0.3) is 0 Å². The molecule has 3 saturated carbocycles. The lowest BCUT2D eigenvalue weighted by atomic mass is 9.64. The molecule has 3 rings (SSSR count). The summed E-state index contributed by atoms with van der Waals surface area (Å²) in [4.78, 5) is 0. The zero-order chi connectivity index (χ0) is 25.7. The second-order valence-corrected chi connectivity index (χ2v) is 11.7. The van der Waals surface area contributed by atoms with Gasteiger partial charge in [-0.15, -0.1) is 0 Å². The van der Waals surface area contributed by atoms with Gasteiger partial charge in [-0.05, 0) is 91.9 Å². The van der Waals surface area contributed by atoms with Crippen molar-refractivity contribution in [2.45, 2.75) is 154 Å². The van der Waals surface area contributed by atoms with Crippen molar-refractivity contribution >= 4 is 0 Å². The Hall–Kier alpha value is -0.780. The van der Waals surface area contributed by atoms with E-state index in [0.717, 1.165) is 17.8 Å². The van der Waals surface area contributed by atoms with Gasteiger partial charge in [0.25, 0.3) is 0 Å². The van der Waals surface area contributed by atoms with Gasteiger partial charge < -0.3 is 0 Å². The molecule has 0 saturated heterocycles. The second kappa shape index (κ2) is 17.6. The van der Waals surface area contributed by atoms with Crippen molar-refractivity contribution in [2.75, 3.05) is 0 Å². The van der Waals surface area contributed by atoms with Crippen molar-refractivity contribution < 1.29 is 0 Å². The molecule has 0 aromatic heterocycles. The molecule has 0 radical (unpaired) electrons. The monoisotopic (exact) mass is 475 g/mol. The van der Waals surface area contributed by atoms with Crippen LogP contribution in [0.2, 0.25) is 0 Å². The Bertz CT molecular complexity index is 596. The molecule has 0 nitrogen and oxygen atoms in total. The van der Waals surface area contributed by atoms with Crippen LogP contribution in [0.4, 0.5) is 0 Å². The zero-order valence-corrected chi connectivity index (χ0v) is 24.9. The summed E-state index contributed by atoms with van der Waals surface area (Å²) >= 11 is 0. The Kier molecular flexibility index (Phi) is 18.3. The fourth-order valence-electron chi connectivity index (χ4n) is 5.76. The molecule has 202 valence electrons. The maximum atomic E-state index is 4.25. The minimum absolute atomic E-state index is 0. The van der Waals surface area contributed by atoms with Gasteiger partial charge in [0.05, 0.1) is 0 Å². The summed E-state index contributed by atoms with van der Waals surface area (Å²) in [6, 6.07) is 0. The molecule has 3 aliphatic rings. The third-order valence-corrected chi connectivity index (χ3v) is 8.77. The van der Waals surface area contributed by atoms with Crippen LogP contribution in [-0.2, 0) is 0 Å². The Morgan fingerprint density at radius 1 is 0.971 bits per heavy atom. The highest BCUT2D eigenvalue weighted by atomic mass is 14.5. The molecule has 0 aromatic carbocycles. The van der Waals surface area contributed by atoms with Gasteiger partial charge in [-0.3, -0.25) is 0 Å². The topological polar surface area (TPSA) is 0 Å². The lowest BCUT2D eigenvalue weighted by Gasteiger charge is -2.41. The van der Waals surface area contributed by atoms with Crippen molar-refractivity contribution in [1.29, 1.82) is 0 Å². The number of hydrogen-bond acceptors (Lipinski definition) is 0. The Morgan fingerprint density at radius 2 is 1.56 bits per heavy atom. The average Bonchev–Trinajstić information content (AvgIpc) is 3.11. The maximum Gasteiger partial charge on any atom is -0.0143 e. The van der Waals surface area contributed by atoms with E-state index in [0.29, 0.717) is 10.8 Å². The van der Waals surface area contributed by atoms with Gasteiger partial charge in [0.15, 0.2) is 0 Å². The van der Waals surface area contributed by atoms with E-state index in [-0.39, 0.29) is 7.43 Å². The predicted molar refractivity (Wildman–Crippen MR) is 161 cm³/mol. The summed E-state index contributed by atoms with van der Waals surface area (Å²) in [7, 11) is 0. The molecule has 4 unspecified atom stereocenters. The van der Waals surface area contributed by atoms with E-state index in [9.17, 15) is 0 Å². The fourth-order valence-corrected chi connectivity index (χ4v) is 5.76. The first kappa shape index (κ1) is 35.4. The first-order valence-electron chi connectivity index (χ1n) is 14.7. The van der Waals surface area contributed by atoms with E-state index in [4.69, 9.17) is 0 Å². The lowest BCUT2D eigenvalue weighted by Crippen LogP contribution is -2.31. The van der Waals surface area contributed by atoms with Gasteiger partial charge in [-0.1, -0.05) is 126 Å². The molecule has 0 aromatic rings.